The first kappa shape index (κ1) is 25.4. The third-order valence-electron chi connectivity index (χ3n) is 8.49. The number of hydrogen-bond donors (Lipinski definition) is 0. The van der Waals surface area contributed by atoms with Gasteiger partial charge in [0.05, 0.1) is 0 Å². The molecule has 0 aliphatic heterocycles. The van der Waals surface area contributed by atoms with E-state index in [1.165, 1.54) is 16.5 Å². The highest BCUT2D eigenvalue weighted by molar-refractivity contribution is 6.05. The molecule has 2 aromatic heterocycles. The highest BCUT2D eigenvalue weighted by atomic mass is 16.3. The minimum absolute atomic E-state index is 0.601. The van der Waals surface area contributed by atoms with E-state index >= 15 is 0 Å². The lowest BCUT2D eigenvalue weighted by Crippen LogP contribution is -2.00. The summed E-state index contributed by atoms with van der Waals surface area (Å²) in [6.07, 6.45) is 0. The summed E-state index contributed by atoms with van der Waals surface area (Å²) in [5.41, 5.74) is 6.78. The first-order chi connectivity index (χ1) is 22.2. The highest BCUT2D eigenvalue weighted by Gasteiger charge is 2.15. The molecule has 2 heterocycles. The predicted octanol–water partition coefficient (Wildman–Crippen LogP) is 10.7. The fraction of sp³-hybridized carbons (Fsp3) is 0. The van der Waals surface area contributed by atoms with Gasteiger partial charge in [-0.05, 0) is 69.1 Å². The van der Waals surface area contributed by atoms with E-state index in [0.29, 0.717) is 17.5 Å². The number of nitrogens with zero attached hydrogens (tertiary/aromatic N) is 3. The van der Waals surface area contributed by atoms with Gasteiger partial charge < -0.3 is 4.42 Å². The van der Waals surface area contributed by atoms with Crippen LogP contribution < -0.4 is 0 Å². The number of furan rings is 1. The minimum Gasteiger partial charge on any atom is -0.456 e. The molecule has 0 unspecified atom stereocenters. The number of hydrogen-bond acceptors (Lipinski definition) is 4. The Kier molecular flexibility index (Phi) is 5.78. The van der Waals surface area contributed by atoms with Crippen LogP contribution in [0.4, 0.5) is 0 Å². The molecule has 45 heavy (non-hydrogen) atoms. The molecule has 210 valence electrons. The second-order valence-electron chi connectivity index (χ2n) is 11.3. The molecule has 0 aliphatic rings. The van der Waals surface area contributed by atoms with Crippen LogP contribution in [0, 0.1) is 0 Å². The van der Waals surface area contributed by atoms with Crippen LogP contribution in [-0.4, -0.2) is 15.0 Å². The average molecular weight is 576 g/mol. The number of rotatable bonds is 4. The molecule has 0 saturated carbocycles. The minimum atomic E-state index is 0.601. The number of benzene rings is 7. The van der Waals surface area contributed by atoms with Crippen molar-refractivity contribution in [2.24, 2.45) is 0 Å². The summed E-state index contributed by atoms with van der Waals surface area (Å²) in [5.74, 6) is 1.85. The van der Waals surface area contributed by atoms with Crippen molar-refractivity contribution in [3.8, 4) is 45.3 Å². The second-order valence-corrected chi connectivity index (χ2v) is 11.3. The van der Waals surface area contributed by atoms with E-state index in [2.05, 4.69) is 121 Å². The van der Waals surface area contributed by atoms with Crippen molar-refractivity contribution >= 4 is 43.5 Å². The maximum atomic E-state index is 6.22. The zero-order valence-corrected chi connectivity index (χ0v) is 24.2. The summed E-state index contributed by atoms with van der Waals surface area (Å²) < 4.78 is 6.22. The second kappa shape index (κ2) is 10.2. The predicted molar refractivity (Wildman–Crippen MR) is 184 cm³/mol. The van der Waals surface area contributed by atoms with E-state index in [9.17, 15) is 0 Å². The molecule has 0 atom stereocenters. The highest BCUT2D eigenvalue weighted by Crippen LogP contribution is 2.34. The summed E-state index contributed by atoms with van der Waals surface area (Å²) in [4.78, 5) is 15.1. The zero-order chi connectivity index (χ0) is 29.7. The fourth-order valence-corrected chi connectivity index (χ4v) is 6.15. The van der Waals surface area contributed by atoms with Gasteiger partial charge in [-0.25, -0.2) is 15.0 Å². The van der Waals surface area contributed by atoms with E-state index in [0.717, 1.165) is 54.8 Å². The largest absolute Gasteiger partial charge is 0.456 e. The van der Waals surface area contributed by atoms with Crippen LogP contribution in [0.1, 0.15) is 0 Å². The van der Waals surface area contributed by atoms with Crippen molar-refractivity contribution < 1.29 is 4.42 Å². The van der Waals surface area contributed by atoms with Crippen molar-refractivity contribution in [3.05, 3.63) is 152 Å². The molecule has 0 saturated heterocycles. The van der Waals surface area contributed by atoms with Crippen LogP contribution in [0.5, 0.6) is 0 Å². The van der Waals surface area contributed by atoms with E-state index in [-0.39, 0.29) is 0 Å². The van der Waals surface area contributed by atoms with Gasteiger partial charge in [-0.2, -0.15) is 0 Å². The van der Waals surface area contributed by atoms with Crippen LogP contribution in [-0.2, 0) is 0 Å². The van der Waals surface area contributed by atoms with Gasteiger partial charge in [0.15, 0.2) is 17.5 Å². The lowest BCUT2D eigenvalue weighted by atomic mass is 10.00. The Hall–Kier alpha value is -6.13. The van der Waals surface area contributed by atoms with Gasteiger partial charge >= 0.3 is 0 Å². The van der Waals surface area contributed by atoms with Gasteiger partial charge in [0.2, 0.25) is 0 Å². The monoisotopic (exact) mass is 575 g/mol. The molecule has 0 radical (unpaired) electrons. The molecular formula is C41H25N3O. The van der Waals surface area contributed by atoms with Crippen LogP contribution >= 0.6 is 0 Å². The Morgan fingerprint density at radius 2 is 0.822 bits per heavy atom. The molecule has 0 spiro atoms. The molecule has 4 nitrogen and oxygen atoms in total. The summed E-state index contributed by atoms with van der Waals surface area (Å²) in [6.45, 7) is 0. The van der Waals surface area contributed by atoms with Crippen molar-refractivity contribution in [2.75, 3.05) is 0 Å². The summed E-state index contributed by atoms with van der Waals surface area (Å²) in [7, 11) is 0. The Morgan fingerprint density at radius 1 is 0.311 bits per heavy atom. The maximum Gasteiger partial charge on any atom is 0.164 e. The smallest absolute Gasteiger partial charge is 0.164 e. The average Bonchev–Trinajstić information content (AvgIpc) is 3.49. The molecule has 0 amide bonds. The van der Waals surface area contributed by atoms with E-state index < -0.39 is 0 Å². The summed E-state index contributed by atoms with van der Waals surface area (Å²) in [5, 5.41) is 6.78. The summed E-state index contributed by atoms with van der Waals surface area (Å²) >= 11 is 0. The fourth-order valence-electron chi connectivity index (χ4n) is 6.15. The summed E-state index contributed by atoms with van der Waals surface area (Å²) in [6, 6.07) is 52.4. The van der Waals surface area contributed by atoms with Gasteiger partial charge in [-0.3, -0.25) is 0 Å². The number of para-hydroxylation sites is 1. The quantitative estimate of drug-likeness (QED) is 0.209. The molecule has 0 bridgehead atoms. The third kappa shape index (κ3) is 4.52. The van der Waals surface area contributed by atoms with E-state index in [4.69, 9.17) is 19.4 Å². The maximum absolute atomic E-state index is 6.22. The van der Waals surface area contributed by atoms with Crippen molar-refractivity contribution in [2.45, 2.75) is 0 Å². The van der Waals surface area contributed by atoms with Crippen molar-refractivity contribution in [1.29, 1.82) is 0 Å². The zero-order valence-electron chi connectivity index (χ0n) is 24.2. The van der Waals surface area contributed by atoms with Gasteiger partial charge in [0.1, 0.15) is 11.2 Å². The molecule has 0 aliphatic carbocycles. The SMILES string of the molecule is c1ccc(-c2ccc3ccc(-c4nc(-c5ccc6ccccc6c5)nc(-c5ccc6c(c5)oc5ccccc56)n4)cc3c2)cc1. The van der Waals surface area contributed by atoms with Crippen molar-refractivity contribution in [3.63, 3.8) is 0 Å². The Balaban J connectivity index is 1.22. The van der Waals surface area contributed by atoms with Gasteiger partial charge in [-0.1, -0.05) is 115 Å². The molecule has 9 rings (SSSR count). The third-order valence-corrected chi connectivity index (χ3v) is 8.49. The lowest BCUT2D eigenvalue weighted by molar-refractivity contribution is 0.669. The normalized spacial score (nSPS) is 11.6. The van der Waals surface area contributed by atoms with Crippen LogP contribution in [0.15, 0.2) is 156 Å². The van der Waals surface area contributed by atoms with Gasteiger partial charge in [0, 0.05) is 27.5 Å². The topological polar surface area (TPSA) is 51.8 Å². The van der Waals surface area contributed by atoms with Gasteiger partial charge in [0.25, 0.3) is 0 Å². The Morgan fingerprint density at radius 3 is 1.58 bits per heavy atom. The molecule has 7 aromatic carbocycles. The molecule has 9 aromatic rings. The first-order valence-corrected chi connectivity index (χ1v) is 15.0. The Labute approximate surface area is 259 Å². The van der Waals surface area contributed by atoms with Crippen LogP contribution in [0.25, 0.3) is 88.8 Å². The standard InChI is InChI=1S/C41H25N3O/c1-2-8-26(9-3-1)30-17-14-28-16-19-32(24-34(28)23-30)40-42-39(31-18-15-27-10-4-5-11-29(27)22-31)43-41(44-40)33-20-21-36-35-12-6-7-13-37(35)45-38(36)25-33/h1-25H. The molecule has 0 fully saturated rings. The molecule has 0 N–H and O–H groups in total. The van der Waals surface area contributed by atoms with E-state index in [1.54, 1.807) is 0 Å². The lowest BCUT2D eigenvalue weighted by Gasteiger charge is -2.10. The van der Waals surface area contributed by atoms with E-state index in [1.807, 2.05) is 30.3 Å². The molecular weight excluding hydrogens is 550 g/mol. The van der Waals surface area contributed by atoms with Crippen molar-refractivity contribution in [1.82, 2.24) is 15.0 Å². The number of fused-ring (bicyclic) bond motifs is 5. The number of aromatic nitrogens is 3. The molecule has 4 heteroatoms. The van der Waals surface area contributed by atoms with Crippen LogP contribution in [0.2, 0.25) is 0 Å². The van der Waals surface area contributed by atoms with Gasteiger partial charge in [-0.15, -0.1) is 0 Å². The Bertz CT molecular complexity index is 2550. The first-order valence-electron chi connectivity index (χ1n) is 15.0. The van der Waals surface area contributed by atoms with Crippen LogP contribution in [0.3, 0.4) is 0 Å².